The van der Waals surface area contributed by atoms with Crippen LogP contribution in [0.2, 0.25) is 0 Å². The van der Waals surface area contributed by atoms with E-state index in [1.54, 1.807) is 20.2 Å². The van der Waals surface area contributed by atoms with Crippen molar-refractivity contribution < 1.29 is 59.0 Å². The zero-order valence-corrected chi connectivity index (χ0v) is 35.8. The Hall–Kier alpha value is -3.47. The molecule has 18 heteroatoms. The molecule has 15 nitrogen and oxygen atoms in total. The van der Waals surface area contributed by atoms with E-state index in [4.69, 9.17) is 32.9 Å². The number of rotatable bonds is 23. The SMILES string of the molecule is CCOOCc1cc(-c2ccccc2)ccc1O.CCOOCc1cc(-c2ccccc2)ccc1OCCN(C)OS(C)=O.COS(=O)OCCN(C)OS(C)=O. The summed E-state index contributed by atoms with van der Waals surface area (Å²) in [5, 5.41) is 12.6. The highest BCUT2D eigenvalue weighted by atomic mass is 32.2. The number of phenols is 1. The van der Waals surface area contributed by atoms with Crippen molar-refractivity contribution in [3.05, 3.63) is 108 Å². The maximum absolute atomic E-state index is 11.0. The largest absolute Gasteiger partial charge is 0.508 e. The number of hydroxylamine groups is 4. The number of benzene rings is 4. The molecule has 0 aliphatic rings. The number of aromatic hydroxyl groups is 1. The van der Waals surface area contributed by atoms with Crippen molar-refractivity contribution in [3.63, 3.8) is 0 Å². The van der Waals surface area contributed by atoms with Gasteiger partial charge in [0.2, 0.25) is 0 Å². The number of likely N-dealkylation sites (N-methyl/N-ethyl adjacent to an activating group) is 2. The summed E-state index contributed by atoms with van der Waals surface area (Å²) in [7, 11) is 4.58. The van der Waals surface area contributed by atoms with Crippen LogP contribution in [0.15, 0.2) is 97.1 Å². The molecule has 1 N–H and O–H groups in total. The van der Waals surface area contributed by atoms with Crippen molar-refractivity contribution >= 4 is 33.5 Å². The average Bonchev–Trinajstić information content (AvgIpc) is 3.20. The first-order valence-electron chi connectivity index (χ1n) is 17.7. The summed E-state index contributed by atoms with van der Waals surface area (Å²) < 4.78 is 56.8. The average molecular weight is 855 g/mol. The van der Waals surface area contributed by atoms with E-state index in [1.165, 1.54) is 29.7 Å². The summed E-state index contributed by atoms with van der Waals surface area (Å²) in [5.74, 6) is 0.935. The molecule has 57 heavy (non-hydrogen) atoms. The first-order chi connectivity index (χ1) is 27.5. The summed E-state index contributed by atoms with van der Waals surface area (Å²) in [6, 6.07) is 31.5. The Kier molecular flexibility index (Phi) is 25.9. The molecule has 0 heterocycles. The summed E-state index contributed by atoms with van der Waals surface area (Å²) in [5.41, 5.74) is 5.95. The van der Waals surface area contributed by atoms with Gasteiger partial charge in [0.25, 0.3) is 0 Å². The van der Waals surface area contributed by atoms with Crippen molar-refractivity contribution in [2.45, 2.75) is 27.1 Å². The van der Waals surface area contributed by atoms with E-state index in [2.05, 4.69) is 20.5 Å². The molecule has 0 aliphatic carbocycles. The molecule has 316 valence electrons. The Morgan fingerprint density at radius 1 is 0.596 bits per heavy atom. The molecule has 3 unspecified atom stereocenters. The zero-order valence-electron chi connectivity index (χ0n) is 33.4. The fraction of sp³-hybridized carbons (Fsp3) is 0.385. The maximum atomic E-state index is 11.0. The minimum absolute atomic E-state index is 0.175. The van der Waals surface area contributed by atoms with Gasteiger partial charge in [-0.05, 0) is 60.4 Å². The number of hydrogen-bond acceptors (Lipinski definition) is 15. The lowest BCUT2D eigenvalue weighted by Crippen LogP contribution is -2.25. The number of hydrogen-bond donors (Lipinski definition) is 1. The van der Waals surface area contributed by atoms with Gasteiger partial charge in [-0.25, -0.2) is 28.0 Å². The number of ether oxygens (including phenoxy) is 1. The Labute approximate surface area is 343 Å². The first-order valence-corrected chi connectivity index (χ1v) is 21.7. The highest BCUT2D eigenvalue weighted by Crippen LogP contribution is 2.28. The van der Waals surface area contributed by atoms with E-state index in [-0.39, 0.29) is 25.6 Å². The van der Waals surface area contributed by atoms with Crippen LogP contribution >= 0.6 is 0 Å². The van der Waals surface area contributed by atoms with Crippen LogP contribution in [0.4, 0.5) is 0 Å². The lowest BCUT2D eigenvalue weighted by molar-refractivity contribution is -0.300. The highest BCUT2D eigenvalue weighted by molar-refractivity contribution is 7.79. The predicted octanol–water partition coefficient (Wildman–Crippen LogP) is 6.27. The molecule has 0 bridgehead atoms. The van der Waals surface area contributed by atoms with Gasteiger partial charge in [0.05, 0.1) is 33.5 Å². The minimum atomic E-state index is -1.71. The quantitative estimate of drug-likeness (QED) is 0.0505. The molecule has 0 aliphatic heterocycles. The van der Waals surface area contributed by atoms with Crippen LogP contribution < -0.4 is 4.74 Å². The van der Waals surface area contributed by atoms with Crippen molar-refractivity contribution in [1.82, 2.24) is 10.1 Å². The van der Waals surface area contributed by atoms with E-state index in [0.29, 0.717) is 38.5 Å². The third-order valence-corrected chi connectivity index (χ3v) is 8.60. The smallest absolute Gasteiger partial charge is 0.304 e. The van der Waals surface area contributed by atoms with Gasteiger partial charge in [-0.1, -0.05) is 72.8 Å². The fourth-order valence-electron chi connectivity index (χ4n) is 4.53. The molecule has 0 fully saturated rings. The van der Waals surface area contributed by atoms with Crippen molar-refractivity contribution in [2.75, 3.05) is 73.2 Å². The van der Waals surface area contributed by atoms with Gasteiger partial charge >= 0.3 is 11.4 Å². The molecule has 0 saturated heterocycles. The Balaban J connectivity index is 0.000000315. The fourth-order valence-corrected chi connectivity index (χ4v) is 5.70. The van der Waals surface area contributed by atoms with Crippen LogP contribution in [0.5, 0.6) is 11.5 Å². The zero-order chi connectivity index (χ0) is 41.8. The van der Waals surface area contributed by atoms with Gasteiger partial charge in [0.1, 0.15) is 31.3 Å². The standard InChI is InChI=1S/C19H25NO5S.C15H16O3.C5H13NO5S2/c1-4-23-24-15-18-14-17(16-8-6-5-7-9-16)10-11-19(18)22-13-12-20(2)25-26(3)21;1-2-17-18-11-14-10-13(8-9-15(14)16)12-6-4-3-5-7-12;1-6(11-12(3)7)4-5-10-13(8)9-2/h5-11,14H,4,12-13,15H2,1-3H3;3-10,16H,2,11H2,1H3;4-5H2,1-3H3. The molecule has 0 radical (unpaired) electrons. The summed E-state index contributed by atoms with van der Waals surface area (Å²) in [4.78, 5) is 20.0. The van der Waals surface area contributed by atoms with Crippen LogP contribution in [0.3, 0.4) is 0 Å². The third kappa shape index (κ3) is 21.7. The van der Waals surface area contributed by atoms with Gasteiger partial charge in [-0.3, -0.25) is 8.37 Å². The van der Waals surface area contributed by atoms with E-state index < -0.39 is 33.5 Å². The number of phenolic OH excluding ortho intramolecular Hbond substituents is 1. The van der Waals surface area contributed by atoms with Gasteiger partial charge in [-0.2, -0.15) is 22.9 Å². The van der Waals surface area contributed by atoms with E-state index in [9.17, 15) is 17.7 Å². The highest BCUT2D eigenvalue weighted by Gasteiger charge is 2.10. The molecule has 4 aromatic carbocycles. The van der Waals surface area contributed by atoms with E-state index in [0.717, 1.165) is 33.6 Å². The van der Waals surface area contributed by atoms with Gasteiger partial charge in [0, 0.05) is 44.3 Å². The summed E-state index contributed by atoms with van der Waals surface area (Å²) in [6.07, 6.45) is 2.88. The molecule has 4 aromatic rings. The Bertz CT molecular complexity index is 1760. The maximum Gasteiger partial charge on any atom is 0.304 e. The van der Waals surface area contributed by atoms with E-state index >= 15 is 0 Å². The molecule has 0 spiro atoms. The van der Waals surface area contributed by atoms with Crippen LogP contribution in [0.1, 0.15) is 25.0 Å². The van der Waals surface area contributed by atoms with Gasteiger partial charge in [0.15, 0.2) is 22.2 Å². The van der Waals surface area contributed by atoms with Gasteiger partial charge < -0.3 is 9.84 Å². The molecular weight excluding hydrogens is 801 g/mol. The Morgan fingerprint density at radius 2 is 1.07 bits per heavy atom. The lowest BCUT2D eigenvalue weighted by Gasteiger charge is -2.16. The van der Waals surface area contributed by atoms with Gasteiger partial charge in [-0.15, -0.1) is 0 Å². The predicted molar refractivity (Wildman–Crippen MR) is 220 cm³/mol. The Morgan fingerprint density at radius 3 is 1.56 bits per heavy atom. The molecule has 0 saturated carbocycles. The summed E-state index contributed by atoms with van der Waals surface area (Å²) in [6.45, 7) is 6.60. The molecule has 4 rings (SSSR count). The lowest BCUT2D eigenvalue weighted by atomic mass is 10.0. The van der Waals surface area contributed by atoms with Crippen molar-refractivity contribution in [2.24, 2.45) is 0 Å². The second-order valence-electron chi connectivity index (χ2n) is 11.4. The second-order valence-corrected chi connectivity index (χ2v) is 14.3. The van der Waals surface area contributed by atoms with Crippen LogP contribution in [-0.4, -0.2) is 101 Å². The number of nitrogens with zero attached hydrogens (tertiary/aromatic N) is 2. The van der Waals surface area contributed by atoms with Crippen molar-refractivity contribution in [3.8, 4) is 33.8 Å². The molecule has 0 aromatic heterocycles. The molecule has 3 atom stereocenters. The minimum Gasteiger partial charge on any atom is -0.508 e. The molecule has 0 amide bonds. The third-order valence-electron chi connectivity index (χ3n) is 7.04. The van der Waals surface area contributed by atoms with Crippen LogP contribution in [0.25, 0.3) is 22.3 Å². The van der Waals surface area contributed by atoms with Crippen molar-refractivity contribution in [1.29, 1.82) is 0 Å². The monoisotopic (exact) mass is 854 g/mol. The topological polar surface area (TPSA) is 161 Å². The van der Waals surface area contributed by atoms with Crippen LogP contribution in [0, 0.1) is 0 Å². The van der Waals surface area contributed by atoms with Crippen LogP contribution in [-0.2, 0) is 83.2 Å². The van der Waals surface area contributed by atoms with E-state index in [1.807, 2.05) is 92.7 Å². The first kappa shape index (κ1) is 49.7. The molecular formula is C39H54N2O13S3. The normalized spacial score (nSPS) is 12.6. The second kappa shape index (κ2) is 29.7. The summed E-state index contributed by atoms with van der Waals surface area (Å²) >= 11 is -4.41.